The molecule has 0 heterocycles. The first-order chi connectivity index (χ1) is 9.03. The normalized spacial score (nSPS) is 17.2. The lowest BCUT2D eigenvalue weighted by molar-refractivity contribution is -0.163. The number of ether oxygens (including phenoxy) is 2. The Morgan fingerprint density at radius 2 is 2.00 bits per heavy atom. The summed E-state index contributed by atoms with van der Waals surface area (Å²) in [5.74, 6) is -0.00436. The molecule has 0 aliphatic heterocycles. The number of carbonyl (C=O) groups is 1. The number of aliphatic hydroxyl groups is 1. The lowest BCUT2D eigenvalue weighted by Gasteiger charge is -2.21. The van der Waals surface area contributed by atoms with E-state index in [4.69, 9.17) is 4.74 Å². The standard InChI is InChI=1S/C15H20O4/c1-15(17,14(16)18-2)10-19-13-8-7-11-5-3-4-6-12(11)9-13/h7-9,17H,3-6,10H2,1-2H3. The maximum atomic E-state index is 11.3. The molecule has 19 heavy (non-hydrogen) atoms. The maximum absolute atomic E-state index is 11.3. The first kappa shape index (κ1) is 13.9. The zero-order valence-electron chi connectivity index (χ0n) is 11.4. The van der Waals surface area contributed by atoms with Crippen LogP contribution >= 0.6 is 0 Å². The molecule has 1 aliphatic rings. The van der Waals surface area contributed by atoms with Crippen molar-refractivity contribution in [3.05, 3.63) is 29.3 Å². The molecule has 0 saturated heterocycles. The third-order valence-corrected chi connectivity index (χ3v) is 3.46. The molecular weight excluding hydrogens is 244 g/mol. The van der Waals surface area contributed by atoms with E-state index in [9.17, 15) is 9.90 Å². The highest BCUT2D eigenvalue weighted by molar-refractivity contribution is 5.78. The number of methoxy groups -OCH3 is 1. The Kier molecular flexibility index (Phi) is 4.10. The second-order valence-corrected chi connectivity index (χ2v) is 5.19. The maximum Gasteiger partial charge on any atom is 0.341 e. The first-order valence-corrected chi connectivity index (χ1v) is 6.58. The van der Waals surface area contributed by atoms with Crippen LogP contribution in [0.5, 0.6) is 5.75 Å². The summed E-state index contributed by atoms with van der Waals surface area (Å²) in [5, 5.41) is 9.88. The fourth-order valence-electron chi connectivity index (χ4n) is 2.30. The summed E-state index contributed by atoms with van der Waals surface area (Å²) in [6.45, 7) is 1.27. The van der Waals surface area contributed by atoms with E-state index in [-0.39, 0.29) is 6.61 Å². The van der Waals surface area contributed by atoms with Crippen molar-refractivity contribution >= 4 is 5.97 Å². The number of fused-ring (bicyclic) bond motifs is 1. The largest absolute Gasteiger partial charge is 0.490 e. The van der Waals surface area contributed by atoms with Crippen LogP contribution in [0.1, 0.15) is 30.9 Å². The Bertz CT molecular complexity index is 465. The van der Waals surface area contributed by atoms with Gasteiger partial charge in [0.15, 0.2) is 5.60 Å². The lowest BCUT2D eigenvalue weighted by atomic mass is 9.92. The van der Waals surface area contributed by atoms with Gasteiger partial charge in [-0.15, -0.1) is 0 Å². The third kappa shape index (κ3) is 3.26. The number of hydrogen-bond acceptors (Lipinski definition) is 4. The summed E-state index contributed by atoms with van der Waals surface area (Å²) in [5.41, 5.74) is 1.06. The molecule has 1 aliphatic carbocycles. The molecule has 0 saturated carbocycles. The van der Waals surface area contributed by atoms with Crippen molar-refractivity contribution in [2.24, 2.45) is 0 Å². The van der Waals surface area contributed by atoms with Crippen molar-refractivity contribution in [2.45, 2.75) is 38.2 Å². The van der Waals surface area contributed by atoms with Gasteiger partial charge in [0.2, 0.25) is 0 Å². The summed E-state index contributed by atoms with van der Waals surface area (Å²) >= 11 is 0. The number of esters is 1. The number of hydrogen-bond donors (Lipinski definition) is 1. The van der Waals surface area contributed by atoms with Gasteiger partial charge in [-0.05, 0) is 55.9 Å². The Labute approximate surface area is 113 Å². The number of benzene rings is 1. The van der Waals surface area contributed by atoms with E-state index >= 15 is 0 Å². The van der Waals surface area contributed by atoms with Gasteiger partial charge in [-0.3, -0.25) is 0 Å². The molecule has 0 amide bonds. The van der Waals surface area contributed by atoms with Crippen LogP contribution in [0.4, 0.5) is 0 Å². The van der Waals surface area contributed by atoms with Crippen LogP contribution in [0.2, 0.25) is 0 Å². The second-order valence-electron chi connectivity index (χ2n) is 5.19. The Hall–Kier alpha value is -1.55. The van der Waals surface area contributed by atoms with E-state index < -0.39 is 11.6 Å². The molecule has 1 atom stereocenters. The molecule has 0 radical (unpaired) electrons. The predicted molar refractivity (Wildman–Crippen MR) is 71.2 cm³/mol. The highest BCUT2D eigenvalue weighted by Crippen LogP contribution is 2.25. The van der Waals surface area contributed by atoms with Gasteiger partial charge in [0, 0.05) is 0 Å². The molecule has 0 bridgehead atoms. The fraction of sp³-hybridized carbons (Fsp3) is 0.533. The van der Waals surface area contributed by atoms with E-state index in [1.165, 1.54) is 38.0 Å². The third-order valence-electron chi connectivity index (χ3n) is 3.46. The van der Waals surface area contributed by atoms with Crippen LogP contribution in [0.3, 0.4) is 0 Å². The average Bonchev–Trinajstić information content (AvgIpc) is 2.44. The van der Waals surface area contributed by atoms with Crippen molar-refractivity contribution < 1.29 is 19.4 Å². The van der Waals surface area contributed by atoms with Gasteiger partial charge < -0.3 is 14.6 Å². The van der Waals surface area contributed by atoms with E-state index in [1.54, 1.807) is 0 Å². The number of carbonyl (C=O) groups excluding carboxylic acids is 1. The first-order valence-electron chi connectivity index (χ1n) is 6.58. The molecule has 0 fully saturated rings. The molecule has 1 aromatic carbocycles. The molecule has 1 unspecified atom stereocenters. The second kappa shape index (κ2) is 5.61. The summed E-state index contributed by atoms with van der Waals surface area (Å²) in [6.07, 6.45) is 4.63. The van der Waals surface area contributed by atoms with Crippen LogP contribution in [0.25, 0.3) is 0 Å². The zero-order chi connectivity index (χ0) is 13.9. The molecule has 104 valence electrons. The van der Waals surface area contributed by atoms with Gasteiger partial charge in [-0.25, -0.2) is 4.79 Å². The van der Waals surface area contributed by atoms with Crippen molar-refractivity contribution in [3.8, 4) is 5.75 Å². The summed E-state index contributed by atoms with van der Waals surface area (Å²) in [6, 6.07) is 5.95. The van der Waals surface area contributed by atoms with Crippen molar-refractivity contribution in [1.29, 1.82) is 0 Å². The molecule has 0 spiro atoms. The summed E-state index contributed by atoms with van der Waals surface area (Å²) in [7, 11) is 1.25. The van der Waals surface area contributed by atoms with Crippen molar-refractivity contribution in [1.82, 2.24) is 0 Å². The smallest absolute Gasteiger partial charge is 0.341 e. The van der Waals surface area contributed by atoms with Crippen LogP contribution in [0.15, 0.2) is 18.2 Å². The minimum Gasteiger partial charge on any atom is -0.490 e. The van der Waals surface area contributed by atoms with Crippen LogP contribution in [-0.2, 0) is 22.4 Å². The SMILES string of the molecule is COC(=O)C(C)(O)COc1ccc2c(c1)CCCC2. The Balaban J connectivity index is 2.02. The molecular formula is C15H20O4. The number of rotatable bonds is 4. The molecule has 1 aromatic rings. The van der Waals surface area contributed by atoms with Gasteiger partial charge in [0.1, 0.15) is 12.4 Å². The lowest BCUT2D eigenvalue weighted by Crippen LogP contribution is -2.42. The minimum absolute atomic E-state index is 0.113. The topological polar surface area (TPSA) is 55.8 Å². The van der Waals surface area contributed by atoms with Crippen molar-refractivity contribution in [3.63, 3.8) is 0 Å². The van der Waals surface area contributed by atoms with E-state index in [0.717, 1.165) is 12.8 Å². The summed E-state index contributed by atoms with van der Waals surface area (Å²) in [4.78, 5) is 11.3. The van der Waals surface area contributed by atoms with E-state index in [1.807, 2.05) is 12.1 Å². The van der Waals surface area contributed by atoms with Crippen LogP contribution in [0, 0.1) is 0 Å². The Morgan fingerprint density at radius 3 is 2.68 bits per heavy atom. The van der Waals surface area contributed by atoms with Gasteiger partial charge in [0.05, 0.1) is 7.11 Å². The molecule has 4 nitrogen and oxygen atoms in total. The van der Waals surface area contributed by atoms with Gasteiger partial charge in [-0.1, -0.05) is 6.07 Å². The average molecular weight is 264 g/mol. The monoisotopic (exact) mass is 264 g/mol. The predicted octanol–water partition coefficient (Wildman–Crippen LogP) is 1.87. The van der Waals surface area contributed by atoms with Crippen molar-refractivity contribution in [2.75, 3.05) is 13.7 Å². The summed E-state index contributed by atoms with van der Waals surface area (Å²) < 4.78 is 10.0. The van der Waals surface area contributed by atoms with E-state index in [0.29, 0.717) is 5.75 Å². The molecule has 0 aromatic heterocycles. The minimum atomic E-state index is -1.62. The van der Waals surface area contributed by atoms with Crippen LogP contribution < -0.4 is 4.74 Å². The molecule has 1 N–H and O–H groups in total. The Morgan fingerprint density at radius 1 is 1.32 bits per heavy atom. The van der Waals surface area contributed by atoms with Gasteiger partial charge in [-0.2, -0.15) is 0 Å². The zero-order valence-corrected chi connectivity index (χ0v) is 11.4. The van der Waals surface area contributed by atoms with Gasteiger partial charge >= 0.3 is 5.97 Å². The highest BCUT2D eigenvalue weighted by atomic mass is 16.6. The molecule has 2 rings (SSSR count). The number of aryl methyl sites for hydroxylation is 2. The fourth-order valence-corrected chi connectivity index (χ4v) is 2.30. The van der Waals surface area contributed by atoms with Gasteiger partial charge in [0.25, 0.3) is 0 Å². The van der Waals surface area contributed by atoms with Crippen LogP contribution in [-0.4, -0.2) is 30.4 Å². The highest BCUT2D eigenvalue weighted by Gasteiger charge is 2.32. The quantitative estimate of drug-likeness (QED) is 0.843. The molecule has 4 heteroatoms. The van der Waals surface area contributed by atoms with E-state index in [2.05, 4.69) is 10.8 Å².